The molecule has 0 unspecified atom stereocenters. The van der Waals surface area contributed by atoms with Crippen molar-refractivity contribution < 1.29 is 24.7 Å². The summed E-state index contributed by atoms with van der Waals surface area (Å²) < 4.78 is 0. The molecule has 0 aromatic rings. The summed E-state index contributed by atoms with van der Waals surface area (Å²) in [7, 11) is 0. The molecule has 5 nitrogen and oxygen atoms in total. The Bertz CT molecular complexity index is 221. The van der Waals surface area contributed by atoms with Crippen molar-refractivity contribution in [2.45, 2.75) is 19.3 Å². The van der Waals surface area contributed by atoms with E-state index in [1.54, 1.807) is 0 Å². The zero-order valence-electron chi connectivity index (χ0n) is 7.95. The molecule has 80 valence electrons. The second-order valence-electron chi connectivity index (χ2n) is 3.72. The highest BCUT2D eigenvalue weighted by Gasteiger charge is 2.22. The van der Waals surface area contributed by atoms with Gasteiger partial charge in [0.2, 0.25) is 0 Å². The van der Waals surface area contributed by atoms with Crippen molar-refractivity contribution in [3.8, 4) is 0 Å². The van der Waals surface area contributed by atoms with Crippen molar-refractivity contribution in [3.05, 3.63) is 0 Å². The number of hydrogen-bond acceptors (Lipinski definition) is 4. The lowest BCUT2D eigenvalue weighted by molar-refractivity contribution is -0.905. The van der Waals surface area contributed by atoms with Crippen molar-refractivity contribution in [2.24, 2.45) is 5.92 Å². The number of nitrogens with one attached hydrogen (secondary N) is 1. The molecule has 1 fully saturated rings. The summed E-state index contributed by atoms with van der Waals surface area (Å²) in [6.07, 6.45) is 1.22. The Labute approximate surface area is 82.3 Å². The molecule has 0 aliphatic carbocycles. The fraction of sp³-hybridized carbons (Fsp3) is 0.778. The highest BCUT2D eigenvalue weighted by molar-refractivity contribution is 5.67. The number of piperidine rings is 1. The van der Waals surface area contributed by atoms with Gasteiger partial charge >= 0.3 is 0 Å². The fourth-order valence-corrected chi connectivity index (χ4v) is 1.79. The number of carboxylic acid groups (broad SMARTS) is 2. The second-order valence-corrected chi connectivity index (χ2v) is 3.72. The van der Waals surface area contributed by atoms with E-state index in [0.717, 1.165) is 4.90 Å². The molecule has 14 heavy (non-hydrogen) atoms. The quantitative estimate of drug-likeness (QED) is 0.504. The summed E-state index contributed by atoms with van der Waals surface area (Å²) in [4.78, 5) is 21.8. The maximum absolute atomic E-state index is 10.5. The SMILES string of the molecule is O=C([O-])CC[NH+]1CCC(C(=O)[O-])CC1. The molecule has 0 amide bonds. The first-order chi connectivity index (χ1) is 6.59. The second kappa shape index (κ2) is 4.95. The van der Waals surface area contributed by atoms with Gasteiger partial charge in [0.15, 0.2) is 0 Å². The van der Waals surface area contributed by atoms with Gasteiger partial charge in [-0.05, 0) is 0 Å². The van der Waals surface area contributed by atoms with Crippen molar-refractivity contribution in [1.82, 2.24) is 0 Å². The van der Waals surface area contributed by atoms with Crippen LogP contribution in [0.5, 0.6) is 0 Å². The molecule has 1 aliphatic heterocycles. The van der Waals surface area contributed by atoms with E-state index in [2.05, 4.69) is 0 Å². The number of carbonyl (C=O) groups is 2. The van der Waals surface area contributed by atoms with E-state index in [1.165, 1.54) is 0 Å². The van der Waals surface area contributed by atoms with Gasteiger partial charge in [0, 0.05) is 37.1 Å². The monoisotopic (exact) mass is 200 g/mol. The highest BCUT2D eigenvalue weighted by Crippen LogP contribution is 2.07. The maximum atomic E-state index is 10.5. The van der Waals surface area contributed by atoms with Crippen LogP contribution in [0.2, 0.25) is 0 Å². The summed E-state index contributed by atoms with van der Waals surface area (Å²) in [6, 6.07) is 0. The van der Waals surface area contributed by atoms with Gasteiger partial charge in [-0.25, -0.2) is 0 Å². The van der Waals surface area contributed by atoms with Crippen LogP contribution in [0.25, 0.3) is 0 Å². The minimum absolute atomic E-state index is 0.0469. The van der Waals surface area contributed by atoms with Crippen molar-refractivity contribution in [3.63, 3.8) is 0 Å². The molecule has 0 aromatic heterocycles. The minimum atomic E-state index is -1.04. The van der Waals surface area contributed by atoms with Gasteiger partial charge in [0.25, 0.3) is 0 Å². The Morgan fingerprint density at radius 3 is 2.21 bits per heavy atom. The number of carbonyl (C=O) groups excluding carboxylic acids is 2. The summed E-state index contributed by atoms with van der Waals surface area (Å²) in [5.74, 6) is -2.37. The predicted molar refractivity (Wildman–Crippen MR) is 42.9 cm³/mol. The van der Waals surface area contributed by atoms with E-state index >= 15 is 0 Å². The Hall–Kier alpha value is -1.10. The Morgan fingerprint density at radius 2 is 1.79 bits per heavy atom. The molecule has 0 bridgehead atoms. The van der Waals surface area contributed by atoms with Gasteiger partial charge in [0.1, 0.15) is 0 Å². The van der Waals surface area contributed by atoms with Crippen LogP contribution >= 0.6 is 0 Å². The van der Waals surface area contributed by atoms with Crippen molar-refractivity contribution in [1.29, 1.82) is 0 Å². The number of carboxylic acids is 2. The van der Waals surface area contributed by atoms with E-state index in [1.807, 2.05) is 0 Å². The lowest BCUT2D eigenvalue weighted by atomic mass is 9.97. The fourth-order valence-electron chi connectivity index (χ4n) is 1.79. The summed E-state index contributed by atoms with van der Waals surface area (Å²) in [5, 5.41) is 20.7. The summed E-state index contributed by atoms with van der Waals surface area (Å²) in [6.45, 7) is 1.96. The number of likely N-dealkylation sites (tertiary alicyclic amines) is 1. The molecule has 1 N–H and O–H groups in total. The van der Waals surface area contributed by atoms with Crippen LogP contribution in [0.4, 0.5) is 0 Å². The minimum Gasteiger partial charge on any atom is -0.550 e. The first-order valence-electron chi connectivity index (χ1n) is 4.84. The Balaban J connectivity index is 2.22. The highest BCUT2D eigenvalue weighted by atomic mass is 16.4. The molecule has 0 spiro atoms. The lowest BCUT2D eigenvalue weighted by Gasteiger charge is -2.29. The first-order valence-corrected chi connectivity index (χ1v) is 4.84. The molecule has 0 atom stereocenters. The van der Waals surface area contributed by atoms with Gasteiger partial charge in [-0.3, -0.25) is 0 Å². The Kier molecular flexibility index (Phi) is 3.88. The van der Waals surface area contributed by atoms with Crippen molar-refractivity contribution >= 4 is 11.9 Å². The largest absolute Gasteiger partial charge is 0.550 e. The summed E-state index contributed by atoms with van der Waals surface area (Å²) in [5.41, 5.74) is 0. The predicted octanol–water partition coefficient (Wildman–Crippen LogP) is -3.83. The lowest BCUT2D eigenvalue weighted by Crippen LogP contribution is -3.13. The normalized spacial score (nSPS) is 27.1. The van der Waals surface area contributed by atoms with Crippen LogP contribution in [0, 0.1) is 5.92 Å². The van der Waals surface area contributed by atoms with Gasteiger partial charge in [0.05, 0.1) is 19.6 Å². The van der Waals surface area contributed by atoms with E-state index in [-0.39, 0.29) is 12.3 Å². The van der Waals surface area contributed by atoms with Crippen molar-refractivity contribution in [2.75, 3.05) is 19.6 Å². The first kappa shape index (κ1) is 11.0. The molecule has 1 aliphatic rings. The van der Waals surface area contributed by atoms with E-state index < -0.39 is 11.9 Å². The molecule has 1 saturated heterocycles. The van der Waals surface area contributed by atoms with Gasteiger partial charge in [-0.15, -0.1) is 0 Å². The number of hydrogen-bond donors (Lipinski definition) is 1. The van der Waals surface area contributed by atoms with Gasteiger partial charge in [-0.1, -0.05) is 0 Å². The molecule has 5 heteroatoms. The maximum Gasteiger partial charge on any atom is 0.0823 e. The third-order valence-electron chi connectivity index (χ3n) is 2.71. The average Bonchev–Trinajstić information content (AvgIpc) is 2.15. The molecule has 1 heterocycles. The molecule has 0 radical (unpaired) electrons. The Morgan fingerprint density at radius 1 is 1.21 bits per heavy atom. The standard InChI is InChI=1S/C9H15NO4/c11-8(12)3-6-10-4-1-7(2-5-10)9(13)14/h7H,1-6H2,(H,11,12)(H,13,14)/p-1. The molecule has 0 aromatic carbocycles. The zero-order chi connectivity index (χ0) is 10.6. The van der Waals surface area contributed by atoms with Crippen LogP contribution in [-0.2, 0) is 9.59 Å². The molecule has 1 rings (SSSR count). The number of quaternary nitrogens is 1. The average molecular weight is 200 g/mol. The van der Waals surface area contributed by atoms with E-state index in [0.29, 0.717) is 32.5 Å². The van der Waals surface area contributed by atoms with Crippen LogP contribution in [0.1, 0.15) is 19.3 Å². The topological polar surface area (TPSA) is 84.7 Å². The zero-order valence-corrected chi connectivity index (χ0v) is 7.95. The smallest absolute Gasteiger partial charge is 0.0823 e. The number of aliphatic carboxylic acids is 2. The third kappa shape index (κ3) is 3.33. The van der Waals surface area contributed by atoms with Crippen LogP contribution in [0.3, 0.4) is 0 Å². The van der Waals surface area contributed by atoms with Crippen LogP contribution in [0.15, 0.2) is 0 Å². The molecule has 0 saturated carbocycles. The van der Waals surface area contributed by atoms with E-state index in [4.69, 9.17) is 0 Å². The van der Waals surface area contributed by atoms with Crippen LogP contribution < -0.4 is 15.1 Å². The molecular formula is C9H14NO4-. The van der Waals surface area contributed by atoms with E-state index in [9.17, 15) is 19.8 Å². The third-order valence-corrected chi connectivity index (χ3v) is 2.71. The van der Waals surface area contributed by atoms with Gasteiger partial charge < -0.3 is 24.7 Å². The van der Waals surface area contributed by atoms with Gasteiger partial charge in [-0.2, -0.15) is 0 Å². The van der Waals surface area contributed by atoms with Crippen LogP contribution in [-0.4, -0.2) is 31.6 Å². The summed E-state index contributed by atoms with van der Waals surface area (Å²) >= 11 is 0. The molecular weight excluding hydrogens is 186 g/mol. The number of rotatable bonds is 4.